The number of nitrogens with zero attached hydrogens (tertiary/aromatic N) is 1. The summed E-state index contributed by atoms with van der Waals surface area (Å²) in [6.07, 6.45) is 9.59. The first-order valence-electron chi connectivity index (χ1n) is 14.8. The van der Waals surface area contributed by atoms with Gasteiger partial charge >= 0.3 is 6.16 Å². The molecule has 0 fully saturated rings. The van der Waals surface area contributed by atoms with Crippen LogP contribution in [0.4, 0.5) is 9.80 Å². The van der Waals surface area contributed by atoms with E-state index in [2.05, 4.69) is 28.4 Å². The Morgan fingerprint density at radius 3 is 2.61 bits per heavy atom. The molecule has 2 heterocycles. The van der Waals surface area contributed by atoms with Crippen LogP contribution in [0.5, 0.6) is 11.5 Å². The number of carbonyl (C=O) groups excluding carboxylic acids is 2. The van der Waals surface area contributed by atoms with Gasteiger partial charge in [0.2, 0.25) is 0 Å². The minimum Gasteiger partial charge on any atom is -0.497 e. The summed E-state index contributed by atoms with van der Waals surface area (Å²) in [7, 11) is 3.33. The van der Waals surface area contributed by atoms with Gasteiger partial charge in [-0.15, -0.1) is 11.3 Å². The number of carbonyl (C=O) groups is 2. The minimum absolute atomic E-state index is 0.0588. The van der Waals surface area contributed by atoms with E-state index in [0.717, 1.165) is 57.5 Å². The number of ketones is 1. The second-order valence-corrected chi connectivity index (χ2v) is 11.6. The van der Waals surface area contributed by atoms with Gasteiger partial charge in [-0.25, -0.2) is 4.79 Å². The van der Waals surface area contributed by atoms with Crippen LogP contribution in [0.15, 0.2) is 90.4 Å². The number of thiophene rings is 1. The predicted octanol–water partition coefficient (Wildman–Crippen LogP) is 7.26. The zero-order valence-corrected chi connectivity index (χ0v) is 26.2. The van der Waals surface area contributed by atoms with Crippen molar-refractivity contribution in [2.24, 2.45) is 0 Å². The zero-order valence-electron chi connectivity index (χ0n) is 25.3. The van der Waals surface area contributed by atoms with Crippen molar-refractivity contribution < 1.29 is 28.5 Å². The molecule has 0 saturated carbocycles. The summed E-state index contributed by atoms with van der Waals surface area (Å²) in [6.45, 7) is 3.33. The Kier molecular flexibility index (Phi) is 10.5. The lowest BCUT2D eigenvalue weighted by Gasteiger charge is -2.26. The molecule has 1 atom stereocenters. The molecule has 0 radical (unpaired) electrons. The summed E-state index contributed by atoms with van der Waals surface area (Å²) in [5.74, 6) is 2.27. The third kappa shape index (κ3) is 7.78. The van der Waals surface area contributed by atoms with Crippen LogP contribution in [0.1, 0.15) is 53.8 Å². The summed E-state index contributed by atoms with van der Waals surface area (Å²) >= 11 is 1.72. The van der Waals surface area contributed by atoms with E-state index in [1.54, 1.807) is 38.6 Å². The first kappa shape index (κ1) is 31.1. The largest absolute Gasteiger partial charge is 0.513 e. The molecule has 1 aliphatic carbocycles. The molecule has 5 rings (SSSR count). The van der Waals surface area contributed by atoms with Gasteiger partial charge in [-0.2, -0.15) is 0 Å². The topological polar surface area (TPSA) is 86.3 Å². The average molecular weight is 615 g/mol. The molecule has 1 unspecified atom stereocenters. The molecule has 2 aromatic carbocycles. The average Bonchev–Trinajstić information content (AvgIpc) is 3.46. The van der Waals surface area contributed by atoms with Gasteiger partial charge in [0.05, 0.1) is 38.4 Å². The minimum atomic E-state index is -0.708. The molecule has 0 amide bonds. The molecule has 44 heavy (non-hydrogen) atoms. The molecule has 0 saturated heterocycles. The number of fused-ring (bicyclic) bond motifs is 1. The molecule has 3 aromatic rings. The van der Waals surface area contributed by atoms with E-state index in [9.17, 15) is 9.59 Å². The highest BCUT2D eigenvalue weighted by atomic mass is 32.1. The number of anilines is 1. The van der Waals surface area contributed by atoms with Gasteiger partial charge in [0.1, 0.15) is 17.3 Å². The first-order valence-corrected chi connectivity index (χ1v) is 15.6. The van der Waals surface area contributed by atoms with E-state index in [1.165, 1.54) is 5.57 Å². The third-order valence-electron chi connectivity index (χ3n) is 7.51. The Bertz CT molecular complexity index is 1560. The maximum Gasteiger partial charge on any atom is 0.513 e. The molecule has 230 valence electrons. The highest BCUT2D eigenvalue weighted by Gasteiger charge is 2.27. The molecule has 1 aromatic heterocycles. The number of hydrogen-bond donors (Lipinski definition) is 1. The van der Waals surface area contributed by atoms with Gasteiger partial charge in [-0.05, 0) is 67.8 Å². The first-order chi connectivity index (χ1) is 21.5. The molecule has 2 aliphatic rings. The molecule has 1 N–H and O–H groups in total. The lowest BCUT2D eigenvalue weighted by Crippen LogP contribution is -2.23. The number of ether oxygens (including phenoxy) is 4. The molecule has 0 bridgehead atoms. The van der Waals surface area contributed by atoms with Crippen molar-refractivity contribution in [1.82, 2.24) is 5.32 Å². The molecule has 1 aliphatic heterocycles. The van der Waals surface area contributed by atoms with Crippen molar-refractivity contribution in [3.63, 3.8) is 0 Å². The van der Waals surface area contributed by atoms with E-state index >= 15 is 0 Å². The van der Waals surface area contributed by atoms with Crippen molar-refractivity contribution in [2.75, 3.05) is 32.3 Å². The number of hydrogen-bond acceptors (Lipinski definition) is 9. The molecule has 8 nitrogen and oxygen atoms in total. The fraction of sp³-hybridized carbons (Fsp3) is 0.314. The van der Waals surface area contributed by atoms with Crippen molar-refractivity contribution >= 4 is 28.3 Å². The van der Waals surface area contributed by atoms with Crippen LogP contribution in [-0.4, -0.2) is 39.3 Å². The van der Waals surface area contributed by atoms with Crippen molar-refractivity contribution in [3.8, 4) is 11.5 Å². The number of nitrogens with one attached hydrogen (secondary N) is 1. The van der Waals surface area contributed by atoms with Gasteiger partial charge in [0, 0.05) is 29.5 Å². The summed E-state index contributed by atoms with van der Waals surface area (Å²) in [5, 5.41) is 4.87. The monoisotopic (exact) mass is 614 g/mol. The van der Waals surface area contributed by atoms with Gasteiger partial charge < -0.3 is 29.2 Å². The van der Waals surface area contributed by atoms with Crippen LogP contribution in [0.3, 0.4) is 0 Å². The van der Waals surface area contributed by atoms with E-state index in [-0.39, 0.29) is 18.4 Å². The van der Waals surface area contributed by atoms with Gasteiger partial charge in [0.15, 0.2) is 5.78 Å². The fourth-order valence-corrected chi connectivity index (χ4v) is 6.60. The highest BCUT2D eigenvalue weighted by Crippen LogP contribution is 2.42. The number of allylic oxidation sites excluding steroid dienone is 5. The van der Waals surface area contributed by atoms with Crippen molar-refractivity contribution in [1.29, 1.82) is 0 Å². The van der Waals surface area contributed by atoms with Gasteiger partial charge in [-0.3, -0.25) is 4.79 Å². The van der Waals surface area contributed by atoms with Crippen LogP contribution in [0.2, 0.25) is 0 Å². The number of benzene rings is 2. The Balaban J connectivity index is 1.42. The van der Waals surface area contributed by atoms with Crippen molar-refractivity contribution in [2.45, 2.75) is 45.2 Å². The van der Waals surface area contributed by atoms with E-state index in [4.69, 9.17) is 18.9 Å². The Labute approximate surface area is 262 Å². The normalized spacial score (nSPS) is 14.8. The quantitative estimate of drug-likeness (QED) is 0.159. The van der Waals surface area contributed by atoms with E-state index in [1.807, 2.05) is 54.8 Å². The van der Waals surface area contributed by atoms with Crippen LogP contribution in [0, 0.1) is 0 Å². The van der Waals surface area contributed by atoms with Crippen LogP contribution in [-0.2, 0) is 27.2 Å². The summed E-state index contributed by atoms with van der Waals surface area (Å²) in [6, 6.07) is 18.2. The maximum atomic E-state index is 12.3. The van der Waals surface area contributed by atoms with Crippen LogP contribution < -0.4 is 19.7 Å². The van der Waals surface area contributed by atoms with Crippen LogP contribution >= 0.6 is 11.3 Å². The Morgan fingerprint density at radius 2 is 1.89 bits per heavy atom. The third-order valence-corrected chi connectivity index (χ3v) is 8.79. The Hall–Kier alpha value is -4.34. The van der Waals surface area contributed by atoms with E-state index < -0.39 is 6.16 Å². The summed E-state index contributed by atoms with van der Waals surface area (Å²) < 4.78 is 21.7. The molecular formula is C35H38N2O6S. The highest BCUT2D eigenvalue weighted by molar-refractivity contribution is 7.16. The fourth-order valence-electron chi connectivity index (χ4n) is 5.34. The standard InChI is InChI=1S/C35H38N2O6S/c1-4-42-35(39)43-30-20-27-21-32(44-34(27)37(23-30)22-26-9-5-6-10-31(26)41-3)33(25-13-17-29(40-2)18-14-25)36-19-7-8-24-11-15-28(38)16-12-24/h5-6,9-15,17-18,21,23,33,36H,4,7-8,16,19-20,22H2,1-3H3. The lowest BCUT2D eigenvalue weighted by atomic mass is 10.0. The second kappa shape index (κ2) is 14.9. The van der Waals surface area contributed by atoms with Gasteiger partial charge in [0.25, 0.3) is 0 Å². The predicted molar refractivity (Wildman–Crippen MR) is 172 cm³/mol. The number of para-hydroxylation sites is 1. The molecule has 0 spiro atoms. The smallest absolute Gasteiger partial charge is 0.497 e. The molecule has 9 heteroatoms. The van der Waals surface area contributed by atoms with E-state index in [0.29, 0.717) is 25.1 Å². The number of rotatable bonds is 13. The number of methoxy groups -OCH3 is 2. The second-order valence-electron chi connectivity index (χ2n) is 10.5. The van der Waals surface area contributed by atoms with Gasteiger partial charge in [-0.1, -0.05) is 48.1 Å². The SMILES string of the molecule is CCOC(=O)OC1=CN(Cc2ccccc2OC)c2sc(C(NCCCC3=CCC(=O)C=C3)c3ccc(OC)cc3)cc2C1. The van der Waals surface area contributed by atoms with Crippen LogP contribution in [0.25, 0.3) is 0 Å². The lowest BCUT2D eigenvalue weighted by molar-refractivity contribution is -0.113. The summed E-state index contributed by atoms with van der Waals surface area (Å²) in [4.78, 5) is 27.1. The zero-order chi connectivity index (χ0) is 30.9. The molecular weight excluding hydrogens is 576 g/mol. The maximum absolute atomic E-state index is 12.3. The Morgan fingerprint density at radius 1 is 1.07 bits per heavy atom. The summed E-state index contributed by atoms with van der Waals surface area (Å²) in [5.41, 5.74) is 4.41. The van der Waals surface area contributed by atoms with Crippen molar-refractivity contribution in [3.05, 3.63) is 112 Å².